The van der Waals surface area contributed by atoms with E-state index in [1.54, 1.807) is 24.4 Å². The smallest absolute Gasteiger partial charge is 0.347 e. The molecule has 1 amide bonds. The quantitative estimate of drug-likeness (QED) is 0.284. The lowest BCUT2D eigenvalue weighted by atomic mass is 9.95. The molecule has 1 unspecified atom stereocenters. The number of rotatable bonds is 8. The second-order valence-corrected chi connectivity index (χ2v) is 8.75. The maximum absolute atomic E-state index is 13.6. The molecule has 0 aliphatic rings. The fourth-order valence-electron chi connectivity index (χ4n) is 3.18. The lowest BCUT2D eigenvalue weighted by Gasteiger charge is -2.18. The van der Waals surface area contributed by atoms with Crippen molar-refractivity contribution in [3.8, 4) is 0 Å². The third-order valence-corrected chi connectivity index (χ3v) is 5.59. The molecule has 0 saturated heterocycles. The van der Waals surface area contributed by atoms with Crippen molar-refractivity contribution in [2.75, 3.05) is 6.54 Å². The summed E-state index contributed by atoms with van der Waals surface area (Å²) in [4.78, 5) is 24.3. The number of ketones is 1. The van der Waals surface area contributed by atoms with Gasteiger partial charge in [-0.1, -0.05) is 70.9 Å². The molecule has 0 fully saturated rings. The van der Waals surface area contributed by atoms with Gasteiger partial charge in [0.05, 0.1) is 5.92 Å². The van der Waals surface area contributed by atoms with Crippen molar-refractivity contribution in [3.05, 3.63) is 75.3 Å². The molecule has 2 atom stereocenters. The van der Waals surface area contributed by atoms with Crippen LogP contribution in [0, 0.1) is 12.8 Å². The summed E-state index contributed by atoms with van der Waals surface area (Å²) in [5, 5.41) is 1.73. The predicted octanol–water partition coefficient (Wildman–Crippen LogP) is 7.00. The van der Waals surface area contributed by atoms with E-state index in [0.29, 0.717) is 15.6 Å². The van der Waals surface area contributed by atoms with Gasteiger partial charge in [-0.25, -0.2) is 0 Å². The molecule has 0 saturated carbocycles. The maximum atomic E-state index is 13.6. The molecule has 184 valence electrons. The number of carbonyl (C=O) groups excluding carboxylic acids is 2. The standard InChI is InChI=1S/C24H22BrF6NO2/c1-14-4-3-5-17(10-14)19(24(29,30)31)9-7-16-6-8-18(20(25)12-16)21(33)11-15(2)22(34)32-13-23(26,27)28/h3-10,12,15,19H,11,13H2,1-2H3,(H,32,34)/b9-7+/t15-,19?/m0/s1. The van der Waals surface area contributed by atoms with Crippen molar-refractivity contribution in [2.24, 2.45) is 5.92 Å². The average molecular weight is 550 g/mol. The van der Waals surface area contributed by atoms with E-state index in [1.165, 1.54) is 43.3 Å². The van der Waals surface area contributed by atoms with Gasteiger partial charge < -0.3 is 5.32 Å². The first-order valence-electron chi connectivity index (χ1n) is 10.2. The summed E-state index contributed by atoms with van der Waals surface area (Å²) >= 11 is 3.21. The van der Waals surface area contributed by atoms with Crippen molar-refractivity contribution in [3.63, 3.8) is 0 Å². The second kappa shape index (κ2) is 11.2. The van der Waals surface area contributed by atoms with Crippen molar-refractivity contribution < 1.29 is 35.9 Å². The highest BCUT2D eigenvalue weighted by Crippen LogP contribution is 2.37. The second-order valence-electron chi connectivity index (χ2n) is 7.89. The number of benzene rings is 2. The number of halogens is 7. The normalized spacial score (nSPS) is 14.1. The number of carbonyl (C=O) groups is 2. The molecule has 0 bridgehead atoms. The van der Waals surface area contributed by atoms with E-state index in [1.807, 2.05) is 0 Å². The van der Waals surface area contributed by atoms with Crippen LogP contribution in [0.1, 0.15) is 46.3 Å². The van der Waals surface area contributed by atoms with Gasteiger partial charge >= 0.3 is 12.4 Å². The van der Waals surface area contributed by atoms with Crippen molar-refractivity contribution in [2.45, 2.75) is 38.5 Å². The lowest BCUT2D eigenvalue weighted by molar-refractivity contribution is -0.140. The highest BCUT2D eigenvalue weighted by atomic mass is 79.9. The third-order valence-electron chi connectivity index (χ3n) is 4.93. The van der Waals surface area contributed by atoms with Crippen LogP contribution < -0.4 is 5.32 Å². The van der Waals surface area contributed by atoms with Crippen LogP contribution in [-0.4, -0.2) is 30.6 Å². The van der Waals surface area contributed by atoms with Crippen LogP contribution >= 0.6 is 15.9 Å². The lowest BCUT2D eigenvalue weighted by Crippen LogP contribution is -2.37. The Balaban J connectivity index is 2.13. The van der Waals surface area contributed by atoms with E-state index in [-0.39, 0.29) is 17.5 Å². The highest BCUT2D eigenvalue weighted by molar-refractivity contribution is 9.10. The fraction of sp³-hybridized carbons (Fsp3) is 0.333. The van der Waals surface area contributed by atoms with E-state index < -0.39 is 42.4 Å². The summed E-state index contributed by atoms with van der Waals surface area (Å²) in [5.41, 5.74) is 1.37. The van der Waals surface area contributed by atoms with Gasteiger partial charge in [0.2, 0.25) is 5.91 Å². The molecule has 2 aromatic carbocycles. The molecule has 2 aromatic rings. The molecule has 0 heterocycles. The van der Waals surface area contributed by atoms with E-state index in [0.717, 1.165) is 6.08 Å². The van der Waals surface area contributed by atoms with Gasteiger partial charge in [-0.05, 0) is 30.2 Å². The highest BCUT2D eigenvalue weighted by Gasteiger charge is 2.38. The van der Waals surface area contributed by atoms with Gasteiger partial charge in [0, 0.05) is 22.4 Å². The Hall–Kier alpha value is -2.62. The van der Waals surface area contributed by atoms with Gasteiger partial charge in [-0.2, -0.15) is 26.3 Å². The molecule has 0 aliphatic carbocycles. The van der Waals surface area contributed by atoms with Gasteiger partial charge in [0.25, 0.3) is 0 Å². The van der Waals surface area contributed by atoms with Crippen LogP contribution in [0.2, 0.25) is 0 Å². The van der Waals surface area contributed by atoms with Crippen LogP contribution in [0.25, 0.3) is 6.08 Å². The van der Waals surface area contributed by atoms with Crippen molar-refractivity contribution in [1.29, 1.82) is 0 Å². The molecule has 0 spiro atoms. The topological polar surface area (TPSA) is 46.2 Å². The first-order chi connectivity index (χ1) is 15.7. The number of amides is 1. The third kappa shape index (κ3) is 8.30. The Bertz CT molecular complexity index is 1060. The number of hydrogen-bond acceptors (Lipinski definition) is 2. The molecule has 2 rings (SSSR count). The van der Waals surface area contributed by atoms with Gasteiger partial charge in [0.15, 0.2) is 5.78 Å². The number of allylic oxidation sites excluding steroid dienone is 1. The van der Waals surface area contributed by atoms with Crippen LogP contribution in [0.15, 0.2) is 53.0 Å². The summed E-state index contributed by atoms with van der Waals surface area (Å²) in [6.07, 6.45) is -7.06. The first kappa shape index (κ1) is 27.6. The molecule has 0 radical (unpaired) electrons. The van der Waals surface area contributed by atoms with E-state index in [4.69, 9.17) is 0 Å². The zero-order valence-corrected chi connectivity index (χ0v) is 19.8. The molecular weight excluding hydrogens is 528 g/mol. The summed E-state index contributed by atoms with van der Waals surface area (Å²) < 4.78 is 77.8. The minimum Gasteiger partial charge on any atom is -0.347 e. The van der Waals surface area contributed by atoms with Gasteiger partial charge in [-0.15, -0.1) is 0 Å². The Morgan fingerprint density at radius 3 is 2.29 bits per heavy atom. The Morgan fingerprint density at radius 2 is 1.74 bits per heavy atom. The van der Waals surface area contributed by atoms with Crippen LogP contribution in [0.5, 0.6) is 0 Å². The van der Waals surface area contributed by atoms with Crippen LogP contribution in [0.3, 0.4) is 0 Å². The predicted molar refractivity (Wildman–Crippen MR) is 120 cm³/mol. The number of alkyl halides is 6. The zero-order valence-electron chi connectivity index (χ0n) is 18.2. The largest absolute Gasteiger partial charge is 0.405 e. The molecule has 1 N–H and O–H groups in total. The SMILES string of the molecule is Cc1cccc(C(/C=C/c2ccc(C(=O)C[C@H](C)C(=O)NCC(F)(F)F)c(Br)c2)C(F)(F)F)c1. The molecule has 0 aromatic heterocycles. The number of nitrogens with one attached hydrogen (secondary N) is 1. The van der Waals surface area contributed by atoms with Crippen LogP contribution in [0.4, 0.5) is 26.3 Å². The fourth-order valence-corrected chi connectivity index (χ4v) is 3.80. The summed E-state index contributed by atoms with van der Waals surface area (Å²) in [5.74, 6) is -4.22. The van der Waals surface area contributed by atoms with E-state index >= 15 is 0 Å². The summed E-state index contributed by atoms with van der Waals surface area (Å²) in [6, 6.07) is 10.4. The molecule has 10 heteroatoms. The number of hydrogen-bond donors (Lipinski definition) is 1. The molecule has 0 aliphatic heterocycles. The Kier molecular flexibility index (Phi) is 9.10. The molecule has 3 nitrogen and oxygen atoms in total. The Morgan fingerprint density at radius 1 is 1.06 bits per heavy atom. The molecular formula is C24H22BrF6NO2. The number of aryl methyl sites for hydroxylation is 1. The summed E-state index contributed by atoms with van der Waals surface area (Å²) in [6.45, 7) is 1.54. The zero-order chi connectivity index (χ0) is 25.7. The van der Waals surface area contributed by atoms with E-state index in [2.05, 4.69) is 15.9 Å². The van der Waals surface area contributed by atoms with Gasteiger partial charge in [0.1, 0.15) is 6.54 Å². The monoisotopic (exact) mass is 549 g/mol. The van der Waals surface area contributed by atoms with Crippen molar-refractivity contribution >= 4 is 33.7 Å². The Labute approximate surface area is 201 Å². The number of Topliss-reactive ketones (excluding diaryl/α,β-unsaturated/α-hetero) is 1. The minimum absolute atomic E-state index is 0.104. The summed E-state index contributed by atoms with van der Waals surface area (Å²) in [7, 11) is 0. The first-order valence-corrected chi connectivity index (χ1v) is 11.0. The minimum atomic E-state index is -4.56. The van der Waals surface area contributed by atoms with E-state index in [9.17, 15) is 35.9 Å². The average Bonchev–Trinajstić information content (AvgIpc) is 2.70. The van der Waals surface area contributed by atoms with Crippen molar-refractivity contribution in [1.82, 2.24) is 5.32 Å². The molecule has 34 heavy (non-hydrogen) atoms. The van der Waals surface area contributed by atoms with Gasteiger partial charge in [-0.3, -0.25) is 9.59 Å². The van der Waals surface area contributed by atoms with Crippen LogP contribution in [-0.2, 0) is 4.79 Å². The maximum Gasteiger partial charge on any atom is 0.405 e.